The molecule has 5 heteroatoms. The summed E-state index contributed by atoms with van der Waals surface area (Å²) in [5.41, 5.74) is 0.761. The summed E-state index contributed by atoms with van der Waals surface area (Å²) in [6.45, 7) is 3.19. The maximum atomic E-state index is 11.1. The fourth-order valence-electron chi connectivity index (χ4n) is 2.59. The largest absolute Gasteiger partial charge is 0.508 e. The van der Waals surface area contributed by atoms with E-state index in [1.165, 1.54) is 0 Å². The first-order valence-electron chi connectivity index (χ1n) is 6.35. The number of methoxy groups -OCH3 is 1. The minimum atomic E-state index is -0.745. The topological polar surface area (TPSA) is 70.0 Å². The fourth-order valence-corrected chi connectivity index (χ4v) is 2.59. The highest BCUT2D eigenvalue weighted by molar-refractivity contribution is 5.71. The molecule has 2 atom stereocenters. The Balaban J connectivity index is 2.12. The first kappa shape index (κ1) is 13.7. The summed E-state index contributed by atoms with van der Waals surface area (Å²) in [5.74, 6) is -0.168. The number of rotatable bonds is 4. The third kappa shape index (κ3) is 2.81. The predicted octanol–water partition coefficient (Wildman–Crippen LogP) is 1.70. The summed E-state index contributed by atoms with van der Waals surface area (Å²) < 4.78 is 5.14. The van der Waals surface area contributed by atoms with E-state index in [0.29, 0.717) is 18.7 Å². The molecule has 2 rings (SSSR count). The molecule has 0 bridgehead atoms. The van der Waals surface area contributed by atoms with Gasteiger partial charge in [-0.2, -0.15) is 0 Å². The molecule has 19 heavy (non-hydrogen) atoms. The molecule has 2 unspecified atom stereocenters. The predicted molar refractivity (Wildman–Crippen MR) is 70.3 cm³/mol. The Hall–Kier alpha value is -1.75. The molecule has 0 amide bonds. The molecule has 1 aliphatic heterocycles. The summed E-state index contributed by atoms with van der Waals surface area (Å²) in [6, 6.07) is 5.06. The van der Waals surface area contributed by atoms with Crippen LogP contribution >= 0.6 is 0 Å². The Morgan fingerprint density at radius 2 is 2.26 bits per heavy atom. The molecule has 5 nitrogen and oxygen atoms in total. The lowest BCUT2D eigenvalue weighted by atomic mass is 10.0. The molecule has 1 aromatic carbocycles. The van der Waals surface area contributed by atoms with Crippen molar-refractivity contribution in [3.8, 4) is 11.5 Å². The number of aromatic hydroxyl groups is 1. The minimum absolute atomic E-state index is 0.0249. The number of carboxylic acids is 1. The van der Waals surface area contributed by atoms with Gasteiger partial charge in [0.2, 0.25) is 0 Å². The lowest BCUT2D eigenvalue weighted by molar-refractivity contribution is -0.142. The maximum absolute atomic E-state index is 11.1. The molecule has 2 N–H and O–H groups in total. The van der Waals surface area contributed by atoms with Crippen molar-refractivity contribution in [3.05, 3.63) is 23.8 Å². The van der Waals surface area contributed by atoms with Gasteiger partial charge in [-0.15, -0.1) is 0 Å². The van der Waals surface area contributed by atoms with Crippen molar-refractivity contribution in [1.82, 2.24) is 4.90 Å². The summed E-state index contributed by atoms with van der Waals surface area (Å²) in [4.78, 5) is 13.2. The Kier molecular flexibility index (Phi) is 3.95. The van der Waals surface area contributed by atoms with Gasteiger partial charge in [-0.25, -0.2) is 0 Å². The normalized spacial score (nSPS) is 23.5. The van der Waals surface area contributed by atoms with E-state index in [1.54, 1.807) is 25.3 Å². The molecule has 0 spiro atoms. The highest BCUT2D eigenvalue weighted by Crippen LogP contribution is 2.30. The number of benzene rings is 1. The number of hydrogen-bond acceptors (Lipinski definition) is 4. The lowest BCUT2D eigenvalue weighted by Crippen LogP contribution is -2.32. The summed E-state index contributed by atoms with van der Waals surface area (Å²) in [6.07, 6.45) is 0.654. The van der Waals surface area contributed by atoms with Crippen LogP contribution in [0, 0.1) is 5.92 Å². The molecule has 0 radical (unpaired) electrons. The van der Waals surface area contributed by atoms with E-state index in [0.717, 1.165) is 12.1 Å². The molecule has 1 fully saturated rings. The Bertz CT molecular complexity index is 475. The summed E-state index contributed by atoms with van der Waals surface area (Å²) in [7, 11) is 1.58. The Labute approximate surface area is 112 Å². The zero-order valence-corrected chi connectivity index (χ0v) is 11.2. The van der Waals surface area contributed by atoms with Gasteiger partial charge in [0.25, 0.3) is 0 Å². The first-order chi connectivity index (χ1) is 9.02. The van der Waals surface area contributed by atoms with Crippen molar-refractivity contribution in [2.45, 2.75) is 25.9 Å². The average molecular weight is 265 g/mol. The van der Waals surface area contributed by atoms with Gasteiger partial charge < -0.3 is 14.9 Å². The average Bonchev–Trinajstić information content (AvgIpc) is 2.74. The van der Waals surface area contributed by atoms with Crippen LogP contribution in [0.2, 0.25) is 0 Å². The SMILES string of the molecule is COc1ccc(O)c(CN2CCC(C(=O)O)C2C)c1. The van der Waals surface area contributed by atoms with E-state index < -0.39 is 5.97 Å². The standard InChI is InChI=1S/C14H19NO4/c1-9-12(14(17)18)5-6-15(9)8-10-7-11(19-2)3-4-13(10)16/h3-4,7,9,12,16H,5-6,8H2,1-2H3,(H,17,18). The van der Waals surface area contributed by atoms with Crippen LogP contribution in [-0.2, 0) is 11.3 Å². The smallest absolute Gasteiger partial charge is 0.308 e. The zero-order chi connectivity index (χ0) is 14.0. The summed E-state index contributed by atoms with van der Waals surface area (Å²) in [5, 5.41) is 19.0. The number of phenolic OH excluding ortho intramolecular Hbond substituents is 1. The van der Waals surface area contributed by atoms with Crippen molar-refractivity contribution < 1.29 is 19.7 Å². The number of carboxylic acid groups (broad SMARTS) is 1. The van der Waals surface area contributed by atoms with Crippen LogP contribution < -0.4 is 4.74 Å². The molecule has 104 valence electrons. The second kappa shape index (κ2) is 5.48. The van der Waals surface area contributed by atoms with Crippen molar-refractivity contribution in [3.63, 3.8) is 0 Å². The fraction of sp³-hybridized carbons (Fsp3) is 0.500. The lowest BCUT2D eigenvalue weighted by Gasteiger charge is -2.23. The maximum Gasteiger partial charge on any atom is 0.308 e. The molecular formula is C14H19NO4. The van der Waals surface area contributed by atoms with Gasteiger partial charge in [0.15, 0.2) is 0 Å². The first-order valence-corrected chi connectivity index (χ1v) is 6.35. The number of nitrogens with zero attached hydrogens (tertiary/aromatic N) is 1. The van der Waals surface area contributed by atoms with Crippen LogP contribution in [0.15, 0.2) is 18.2 Å². The number of aliphatic carboxylic acids is 1. The van der Waals surface area contributed by atoms with Gasteiger partial charge in [0.1, 0.15) is 11.5 Å². The van der Waals surface area contributed by atoms with E-state index in [1.807, 2.05) is 6.92 Å². The highest BCUT2D eigenvalue weighted by atomic mass is 16.5. The van der Waals surface area contributed by atoms with Crippen LogP contribution in [0.1, 0.15) is 18.9 Å². The zero-order valence-electron chi connectivity index (χ0n) is 11.2. The van der Waals surface area contributed by atoms with Gasteiger partial charge in [-0.3, -0.25) is 9.69 Å². The van der Waals surface area contributed by atoms with Gasteiger partial charge in [-0.1, -0.05) is 0 Å². The van der Waals surface area contributed by atoms with Crippen LogP contribution in [0.5, 0.6) is 11.5 Å². The highest BCUT2D eigenvalue weighted by Gasteiger charge is 2.35. The monoisotopic (exact) mass is 265 g/mol. The third-order valence-electron chi connectivity index (χ3n) is 3.86. The van der Waals surface area contributed by atoms with Gasteiger partial charge in [-0.05, 0) is 38.1 Å². The van der Waals surface area contributed by atoms with Gasteiger partial charge in [0, 0.05) is 18.2 Å². The van der Waals surface area contributed by atoms with Crippen molar-refractivity contribution >= 4 is 5.97 Å². The Morgan fingerprint density at radius 3 is 2.84 bits per heavy atom. The van der Waals surface area contributed by atoms with Crippen molar-refractivity contribution in [1.29, 1.82) is 0 Å². The summed E-state index contributed by atoms with van der Waals surface area (Å²) >= 11 is 0. The third-order valence-corrected chi connectivity index (χ3v) is 3.86. The van der Waals surface area contributed by atoms with Crippen molar-refractivity contribution in [2.75, 3.05) is 13.7 Å². The minimum Gasteiger partial charge on any atom is -0.508 e. The second-order valence-electron chi connectivity index (χ2n) is 4.94. The van der Waals surface area contributed by atoms with Gasteiger partial charge in [0.05, 0.1) is 13.0 Å². The molecule has 1 aliphatic rings. The number of likely N-dealkylation sites (tertiary alicyclic amines) is 1. The van der Waals surface area contributed by atoms with E-state index in [4.69, 9.17) is 9.84 Å². The molecule has 0 saturated carbocycles. The van der Waals surface area contributed by atoms with Crippen LogP contribution in [0.3, 0.4) is 0 Å². The van der Waals surface area contributed by atoms with Crippen LogP contribution in [0.25, 0.3) is 0 Å². The molecule has 0 aromatic heterocycles. The molecule has 1 saturated heterocycles. The van der Waals surface area contributed by atoms with E-state index in [9.17, 15) is 9.90 Å². The van der Waals surface area contributed by atoms with Gasteiger partial charge >= 0.3 is 5.97 Å². The molecule has 0 aliphatic carbocycles. The molecular weight excluding hydrogens is 246 g/mol. The number of carbonyl (C=O) groups is 1. The Morgan fingerprint density at radius 1 is 1.53 bits per heavy atom. The van der Waals surface area contributed by atoms with Crippen LogP contribution in [0.4, 0.5) is 0 Å². The number of hydrogen-bond donors (Lipinski definition) is 2. The second-order valence-corrected chi connectivity index (χ2v) is 4.94. The van der Waals surface area contributed by atoms with E-state index in [-0.39, 0.29) is 17.7 Å². The van der Waals surface area contributed by atoms with E-state index >= 15 is 0 Å². The van der Waals surface area contributed by atoms with E-state index in [2.05, 4.69) is 4.90 Å². The van der Waals surface area contributed by atoms with Crippen LogP contribution in [-0.4, -0.2) is 40.8 Å². The molecule has 1 heterocycles. The van der Waals surface area contributed by atoms with Crippen molar-refractivity contribution in [2.24, 2.45) is 5.92 Å². The number of phenols is 1. The quantitative estimate of drug-likeness (QED) is 0.867. The molecule has 1 aromatic rings. The number of ether oxygens (including phenoxy) is 1.